The van der Waals surface area contributed by atoms with Crippen LogP contribution >= 0.6 is 0 Å². The number of nitrogens with zero attached hydrogens (tertiary/aromatic N) is 1. The molecule has 0 atom stereocenters. The predicted molar refractivity (Wildman–Crippen MR) is 85.3 cm³/mol. The van der Waals surface area contributed by atoms with Gasteiger partial charge in [0.15, 0.2) is 0 Å². The van der Waals surface area contributed by atoms with E-state index in [1.54, 1.807) is 28.7 Å². The summed E-state index contributed by atoms with van der Waals surface area (Å²) >= 11 is 0. The first-order valence-corrected chi connectivity index (χ1v) is 7.20. The Labute approximate surface area is 128 Å². The number of hydrogen-bond acceptors (Lipinski definition) is 2. The zero-order chi connectivity index (χ0) is 15.5. The lowest BCUT2D eigenvalue weighted by Gasteiger charge is -2.09. The van der Waals surface area contributed by atoms with Crippen molar-refractivity contribution in [3.63, 3.8) is 0 Å². The van der Waals surface area contributed by atoms with E-state index in [2.05, 4.69) is 5.32 Å². The van der Waals surface area contributed by atoms with Gasteiger partial charge in [-0.2, -0.15) is 0 Å². The smallest absolute Gasteiger partial charge is 0.251 e. The van der Waals surface area contributed by atoms with E-state index in [1.807, 2.05) is 43.5 Å². The van der Waals surface area contributed by atoms with E-state index >= 15 is 0 Å². The molecule has 0 fully saturated rings. The van der Waals surface area contributed by atoms with Crippen molar-refractivity contribution in [2.45, 2.75) is 6.92 Å². The highest BCUT2D eigenvalue weighted by molar-refractivity contribution is 6.09. The largest absolute Gasteiger partial charge is 0.352 e. The summed E-state index contributed by atoms with van der Waals surface area (Å²) in [5.41, 5.74) is 2.40. The summed E-state index contributed by atoms with van der Waals surface area (Å²) in [4.78, 5) is 24.8. The summed E-state index contributed by atoms with van der Waals surface area (Å²) in [6.07, 6.45) is 1.83. The standard InChI is InChI=1S/C18H16N2O2/c1-2-19-18(22)14-11-15-9-6-10-20(15)16(12-14)17(21)13-7-4-3-5-8-13/h3-12H,2H2,1H3,(H,19,22). The fraction of sp³-hybridized carbons (Fsp3) is 0.111. The van der Waals surface area contributed by atoms with Crippen molar-refractivity contribution in [1.29, 1.82) is 0 Å². The molecule has 4 heteroatoms. The highest BCUT2D eigenvalue weighted by atomic mass is 16.1. The SMILES string of the molecule is CCNC(=O)c1cc(C(=O)c2ccccc2)n2cccc2c1. The highest BCUT2D eigenvalue weighted by Crippen LogP contribution is 2.17. The van der Waals surface area contributed by atoms with Crippen LogP contribution < -0.4 is 5.32 Å². The molecule has 1 aromatic carbocycles. The van der Waals surface area contributed by atoms with Gasteiger partial charge in [0.05, 0.1) is 5.69 Å². The summed E-state index contributed by atoms with van der Waals surface area (Å²) < 4.78 is 1.80. The molecule has 3 rings (SSSR count). The lowest BCUT2D eigenvalue weighted by molar-refractivity contribution is 0.0956. The van der Waals surface area contributed by atoms with Gasteiger partial charge in [-0.3, -0.25) is 9.59 Å². The lowest BCUT2D eigenvalue weighted by Crippen LogP contribution is -2.23. The topological polar surface area (TPSA) is 50.6 Å². The summed E-state index contributed by atoms with van der Waals surface area (Å²) in [5, 5.41) is 2.77. The van der Waals surface area contributed by atoms with Gasteiger partial charge in [0, 0.05) is 29.4 Å². The van der Waals surface area contributed by atoms with Crippen molar-refractivity contribution in [3.8, 4) is 0 Å². The fourth-order valence-electron chi connectivity index (χ4n) is 2.45. The van der Waals surface area contributed by atoms with Crippen LogP contribution in [0.1, 0.15) is 33.3 Å². The molecule has 0 spiro atoms. The third kappa shape index (κ3) is 2.51. The van der Waals surface area contributed by atoms with Crippen molar-refractivity contribution >= 4 is 17.2 Å². The van der Waals surface area contributed by atoms with Crippen LogP contribution in [0.15, 0.2) is 60.8 Å². The average molecular weight is 292 g/mol. The number of carbonyl (C=O) groups is 2. The Bertz CT molecular complexity index is 835. The number of aromatic nitrogens is 1. The minimum absolute atomic E-state index is 0.104. The number of hydrogen-bond donors (Lipinski definition) is 1. The molecule has 4 nitrogen and oxygen atoms in total. The van der Waals surface area contributed by atoms with E-state index in [-0.39, 0.29) is 11.7 Å². The van der Waals surface area contributed by atoms with Crippen molar-refractivity contribution < 1.29 is 9.59 Å². The van der Waals surface area contributed by atoms with Crippen LogP contribution in [-0.4, -0.2) is 22.6 Å². The van der Waals surface area contributed by atoms with E-state index in [1.165, 1.54) is 0 Å². The molecule has 1 amide bonds. The molecule has 2 heterocycles. The minimum Gasteiger partial charge on any atom is -0.352 e. The maximum Gasteiger partial charge on any atom is 0.251 e. The first kappa shape index (κ1) is 14.1. The quantitative estimate of drug-likeness (QED) is 0.752. The third-order valence-electron chi connectivity index (χ3n) is 3.50. The van der Waals surface area contributed by atoms with Gasteiger partial charge in [-0.1, -0.05) is 30.3 Å². The fourth-order valence-corrected chi connectivity index (χ4v) is 2.45. The van der Waals surface area contributed by atoms with Gasteiger partial charge in [0.1, 0.15) is 0 Å². The molecule has 0 unspecified atom stereocenters. The molecule has 3 aromatic rings. The summed E-state index contributed by atoms with van der Waals surface area (Å²) in [6, 6.07) is 16.2. The second-order valence-corrected chi connectivity index (χ2v) is 4.99. The number of ketones is 1. The Morgan fingerprint density at radius 1 is 1.00 bits per heavy atom. The molecule has 0 saturated carbocycles. The van der Waals surface area contributed by atoms with Crippen LogP contribution in [0.25, 0.3) is 5.52 Å². The Morgan fingerprint density at radius 3 is 2.50 bits per heavy atom. The van der Waals surface area contributed by atoms with Crippen molar-refractivity contribution in [2.24, 2.45) is 0 Å². The van der Waals surface area contributed by atoms with Crippen LogP contribution in [0.4, 0.5) is 0 Å². The predicted octanol–water partition coefficient (Wildman–Crippen LogP) is 2.92. The van der Waals surface area contributed by atoms with Crippen molar-refractivity contribution in [1.82, 2.24) is 9.72 Å². The van der Waals surface area contributed by atoms with E-state index in [0.29, 0.717) is 23.4 Å². The first-order chi connectivity index (χ1) is 10.7. The zero-order valence-corrected chi connectivity index (χ0v) is 12.2. The molecular formula is C18H16N2O2. The summed E-state index contributed by atoms with van der Waals surface area (Å²) in [7, 11) is 0. The van der Waals surface area contributed by atoms with E-state index in [4.69, 9.17) is 0 Å². The van der Waals surface area contributed by atoms with E-state index in [0.717, 1.165) is 5.52 Å². The molecule has 0 radical (unpaired) electrons. The molecule has 22 heavy (non-hydrogen) atoms. The van der Waals surface area contributed by atoms with Gasteiger partial charge in [-0.25, -0.2) is 0 Å². The molecule has 1 N–H and O–H groups in total. The Kier molecular flexibility index (Phi) is 3.74. The molecule has 2 aromatic heterocycles. The minimum atomic E-state index is -0.173. The zero-order valence-electron chi connectivity index (χ0n) is 12.2. The van der Waals surface area contributed by atoms with Gasteiger partial charge in [0.25, 0.3) is 5.91 Å². The lowest BCUT2D eigenvalue weighted by atomic mass is 10.1. The third-order valence-corrected chi connectivity index (χ3v) is 3.50. The number of benzene rings is 1. The van der Waals surface area contributed by atoms with Crippen LogP contribution in [0.3, 0.4) is 0 Å². The number of rotatable bonds is 4. The Balaban J connectivity index is 2.13. The second kappa shape index (κ2) is 5.85. The number of amides is 1. The number of nitrogens with one attached hydrogen (secondary N) is 1. The van der Waals surface area contributed by atoms with E-state index < -0.39 is 0 Å². The average Bonchev–Trinajstić information content (AvgIpc) is 3.02. The monoisotopic (exact) mass is 292 g/mol. The summed E-state index contributed by atoms with van der Waals surface area (Å²) in [5.74, 6) is -0.277. The number of carbonyl (C=O) groups excluding carboxylic acids is 2. The maximum atomic E-state index is 12.7. The molecular weight excluding hydrogens is 276 g/mol. The summed E-state index contributed by atoms with van der Waals surface area (Å²) in [6.45, 7) is 2.41. The number of fused-ring (bicyclic) bond motifs is 1. The molecule has 0 aliphatic rings. The normalized spacial score (nSPS) is 10.6. The second-order valence-electron chi connectivity index (χ2n) is 4.99. The Morgan fingerprint density at radius 2 is 1.77 bits per heavy atom. The van der Waals surface area contributed by atoms with Gasteiger partial charge in [-0.05, 0) is 31.2 Å². The van der Waals surface area contributed by atoms with E-state index in [9.17, 15) is 9.59 Å². The molecule has 0 aliphatic carbocycles. The molecule has 0 bridgehead atoms. The van der Waals surface area contributed by atoms with Crippen molar-refractivity contribution in [2.75, 3.05) is 6.54 Å². The van der Waals surface area contributed by atoms with Gasteiger partial charge in [0.2, 0.25) is 5.78 Å². The van der Waals surface area contributed by atoms with Crippen LogP contribution in [0.2, 0.25) is 0 Å². The van der Waals surface area contributed by atoms with Gasteiger partial charge in [-0.15, -0.1) is 0 Å². The van der Waals surface area contributed by atoms with Crippen molar-refractivity contribution in [3.05, 3.63) is 77.6 Å². The van der Waals surface area contributed by atoms with Crippen LogP contribution in [0.5, 0.6) is 0 Å². The number of pyridine rings is 1. The molecule has 110 valence electrons. The first-order valence-electron chi connectivity index (χ1n) is 7.20. The Hall–Kier alpha value is -2.88. The maximum absolute atomic E-state index is 12.7. The van der Waals surface area contributed by atoms with Gasteiger partial charge < -0.3 is 9.72 Å². The molecule has 0 aliphatic heterocycles. The highest BCUT2D eigenvalue weighted by Gasteiger charge is 2.16. The van der Waals surface area contributed by atoms with Crippen LogP contribution in [0, 0.1) is 0 Å². The van der Waals surface area contributed by atoms with Gasteiger partial charge >= 0.3 is 0 Å². The molecule has 0 saturated heterocycles. The van der Waals surface area contributed by atoms with Crippen LogP contribution in [-0.2, 0) is 0 Å².